The van der Waals surface area contributed by atoms with Gasteiger partial charge in [0.2, 0.25) is 0 Å². The highest BCUT2D eigenvalue weighted by molar-refractivity contribution is 6.16. The van der Waals surface area contributed by atoms with E-state index >= 15 is 0 Å². The molecule has 0 saturated heterocycles. The number of rotatable bonds is 3. The Balaban J connectivity index is 2.92. The summed E-state index contributed by atoms with van der Waals surface area (Å²) in [5, 5.41) is 2.86. The van der Waals surface area contributed by atoms with Crippen LogP contribution in [0.5, 0.6) is 0 Å². The maximum atomic E-state index is 12.0. The Bertz CT molecular complexity index is 452. The van der Waals surface area contributed by atoms with Gasteiger partial charge in [-0.15, -0.1) is 0 Å². The normalized spacial score (nSPS) is 17.2. The van der Waals surface area contributed by atoms with Crippen LogP contribution >= 0.6 is 0 Å². The summed E-state index contributed by atoms with van der Waals surface area (Å²) in [6.07, 6.45) is 3.53. The number of nitrogens with one attached hydrogen (secondary N) is 1. The molecule has 1 heterocycles. The number of amidine groups is 1. The number of carbonyl (C=O) groups excluding carboxylic acids is 1. The van der Waals surface area contributed by atoms with E-state index in [9.17, 15) is 4.79 Å². The van der Waals surface area contributed by atoms with Crippen molar-refractivity contribution in [2.24, 2.45) is 4.99 Å². The number of amides is 1. The molecular formula is C14H21N3O. The molecule has 0 fully saturated rings. The molecule has 4 nitrogen and oxygen atoms in total. The summed E-state index contributed by atoms with van der Waals surface area (Å²) in [4.78, 5) is 18.1. The molecule has 0 unspecified atom stereocenters. The van der Waals surface area contributed by atoms with Crippen LogP contribution in [0.1, 0.15) is 27.7 Å². The predicted molar refractivity (Wildman–Crippen MR) is 75.1 cm³/mol. The van der Waals surface area contributed by atoms with E-state index in [0.717, 1.165) is 5.57 Å². The first-order valence-electron chi connectivity index (χ1n) is 5.99. The largest absolute Gasteiger partial charge is 0.350 e. The van der Waals surface area contributed by atoms with Gasteiger partial charge in [0.15, 0.2) is 0 Å². The van der Waals surface area contributed by atoms with Crippen LogP contribution in [0.15, 0.2) is 40.7 Å². The van der Waals surface area contributed by atoms with Gasteiger partial charge in [-0.3, -0.25) is 4.79 Å². The highest BCUT2D eigenvalue weighted by atomic mass is 16.1. The number of carbonyl (C=O) groups is 1. The minimum Gasteiger partial charge on any atom is -0.350 e. The number of nitrogens with zero attached hydrogens (tertiary/aromatic N) is 2. The molecule has 1 N–H and O–H groups in total. The minimum atomic E-state index is -0.107. The fraction of sp³-hybridized carbons (Fsp3) is 0.429. The van der Waals surface area contributed by atoms with Crippen molar-refractivity contribution in [3.05, 3.63) is 35.7 Å². The van der Waals surface area contributed by atoms with Crippen molar-refractivity contribution in [2.75, 3.05) is 7.05 Å². The van der Waals surface area contributed by atoms with Crippen LogP contribution in [0, 0.1) is 0 Å². The Hall–Kier alpha value is -1.84. The van der Waals surface area contributed by atoms with E-state index in [4.69, 9.17) is 0 Å². The first kappa shape index (κ1) is 14.2. The Labute approximate surface area is 109 Å². The third-order valence-electron chi connectivity index (χ3n) is 2.36. The lowest BCUT2D eigenvalue weighted by Crippen LogP contribution is -2.31. The third-order valence-corrected chi connectivity index (χ3v) is 2.36. The SMILES string of the molecule is C=C1C(C(=O)NC(C)C)=CN(C)/C1=N/C=C(C)C. The van der Waals surface area contributed by atoms with Crippen molar-refractivity contribution < 1.29 is 4.79 Å². The smallest absolute Gasteiger partial charge is 0.253 e. The number of hydrogen-bond acceptors (Lipinski definition) is 2. The maximum Gasteiger partial charge on any atom is 0.253 e. The van der Waals surface area contributed by atoms with Gasteiger partial charge < -0.3 is 10.2 Å². The summed E-state index contributed by atoms with van der Waals surface area (Å²) in [6, 6.07) is 0.107. The van der Waals surface area contributed by atoms with E-state index in [0.29, 0.717) is 17.0 Å². The molecule has 0 bridgehead atoms. The Morgan fingerprint density at radius 3 is 2.61 bits per heavy atom. The quantitative estimate of drug-likeness (QED) is 0.831. The van der Waals surface area contributed by atoms with Gasteiger partial charge in [-0.2, -0.15) is 0 Å². The zero-order chi connectivity index (χ0) is 13.9. The summed E-state index contributed by atoms with van der Waals surface area (Å²) in [7, 11) is 1.86. The molecule has 1 aliphatic heterocycles. The van der Waals surface area contributed by atoms with E-state index in [1.807, 2.05) is 39.6 Å². The lowest BCUT2D eigenvalue weighted by molar-refractivity contribution is -0.117. The monoisotopic (exact) mass is 247 g/mol. The summed E-state index contributed by atoms with van der Waals surface area (Å²) >= 11 is 0. The highest BCUT2D eigenvalue weighted by Gasteiger charge is 2.26. The second-order valence-electron chi connectivity index (χ2n) is 4.92. The van der Waals surface area contributed by atoms with Crippen LogP contribution in [0.2, 0.25) is 0 Å². The van der Waals surface area contributed by atoms with Crippen LogP contribution in [0.3, 0.4) is 0 Å². The molecule has 0 saturated carbocycles. The molecule has 0 spiro atoms. The third kappa shape index (κ3) is 3.32. The first-order valence-corrected chi connectivity index (χ1v) is 5.99. The van der Waals surface area contributed by atoms with Gasteiger partial charge in [-0.05, 0) is 27.7 Å². The molecule has 1 aliphatic rings. The molecule has 0 aromatic rings. The molecule has 0 radical (unpaired) electrons. The molecule has 98 valence electrons. The zero-order valence-electron chi connectivity index (χ0n) is 11.7. The second-order valence-corrected chi connectivity index (χ2v) is 4.92. The van der Waals surface area contributed by atoms with Crippen molar-refractivity contribution in [3.63, 3.8) is 0 Å². The molecule has 0 aromatic heterocycles. The standard InChI is InChI=1S/C14H21N3O/c1-9(2)7-15-13-11(5)12(8-17(13)6)14(18)16-10(3)4/h7-8,10H,5H2,1-4,6H3,(H,16,18)/b15-13+. The number of allylic oxidation sites excluding steroid dienone is 1. The van der Waals surface area contributed by atoms with E-state index in [2.05, 4.69) is 16.9 Å². The highest BCUT2D eigenvalue weighted by Crippen LogP contribution is 2.21. The van der Waals surface area contributed by atoms with E-state index < -0.39 is 0 Å². The van der Waals surface area contributed by atoms with Gasteiger partial charge in [-0.25, -0.2) is 4.99 Å². The topological polar surface area (TPSA) is 44.7 Å². The zero-order valence-corrected chi connectivity index (χ0v) is 11.7. The van der Waals surface area contributed by atoms with E-state index in [-0.39, 0.29) is 11.9 Å². The van der Waals surface area contributed by atoms with Gasteiger partial charge in [0, 0.05) is 31.1 Å². The van der Waals surface area contributed by atoms with Crippen molar-refractivity contribution in [2.45, 2.75) is 33.7 Å². The van der Waals surface area contributed by atoms with Gasteiger partial charge in [0.05, 0.1) is 5.57 Å². The van der Waals surface area contributed by atoms with Gasteiger partial charge in [0.25, 0.3) is 5.91 Å². The Morgan fingerprint density at radius 2 is 2.11 bits per heavy atom. The van der Waals surface area contributed by atoms with E-state index in [1.54, 1.807) is 12.4 Å². The predicted octanol–water partition coefficient (Wildman–Crippen LogP) is 2.22. The van der Waals surface area contributed by atoms with Crippen LogP contribution < -0.4 is 5.32 Å². The van der Waals surface area contributed by atoms with E-state index in [1.165, 1.54) is 0 Å². The summed E-state index contributed by atoms with van der Waals surface area (Å²) < 4.78 is 0. The first-order chi connectivity index (χ1) is 8.32. The molecule has 0 atom stereocenters. The van der Waals surface area contributed by atoms with Gasteiger partial charge >= 0.3 is 0 Å². The van der Waals surface area contributed by atoms with Gasteiger partial charge in [-0.1, -0.05) is 12.2 Å². The second kappa shape index (κ2) is 5.67. The van der Waals surface area contributed by atoms with Crippen LogP contribution in [-0.2, 0) is 4.79 Å². The fourth-order valence-electron chi connectivity index (χ4n) is 1.56. The molecule has 0 aromatic carbocycles. The Kier molecular flexibility index (Phi) is 4.48. The number of hydrogen-bond donors (Lipinski definition) is 1. The summed E-state index contributed by atoms with van der Waals surface area (Å²) in [5.74, 6) is 0.606. The van der Waals surface area contributed by atoms with Crippen LogP contribution in [0.25, 0.3) is 0 Å². The van der Waals surface area contributed by atoms with Crippen molar-refractivity contribution in [1.29, 1.82) is 0 Å². The molecule has 0 aliphatic carbocycles. The molecule has 18 heavy (non-hydrogen) atoms. The average molecular weight is 247 g/mol. The summed E-state index contributed by atoms with van der Waals surface area (Å²) in [6.45, 7) is 11.7. The molecular weight excluding hydrogens is 226 g/mol. The van der Waals surface area contributed by atoms with Crippen molar-refractivity contribution >= 4 is 11.7 Å². The fourth-order valence-corrected chi connectivity index (χ4v) is 1.56. The molecule has 1 amide bonds. The van der Waals surface area contributed by atoms with Crippen LogP contribution in [0.4, 0.5) is 0 Å². The van der Waals surface area contributed by atoms with Crippen molar-refractivity contribution in [1.82, 2.24) is 10.2 Å². The summed E-state index contributed by atoms with van der Waals surface area (Å²) in [5.41, 5.74) is 2.34. The maximum absolute atomic E-state index is 12.0. The Morgan fingerprint density at radius 1 is 1.50 bits per heavy atom. The average Bonchev–Trinajstić information content (AvgIpc) is 2.51. The molecule has 4 heteroatoms. The van der Waals surface area contributed by atoms with Crippen molar-refractivity contribution in [3.8, 4) is 0 Å². The lowest BCUT2D eigenvalue weighted by Gasteiger charge is -2.10. The van der Waals surface area contributed by atoms with Gasteiger partial charge in [0.1, 0.15) is 5.84 Å². The lowest BCUT2D eigenvalue weighted by atomic mass is 10.1. The minimum absolute atomic E-state index is 0.107. The number of likely N-dealkylation sites (N-methyl/N-ethyl adjacent to an activating group) is 1. The number of aliphatic imine (C=N–C) groups is 1. The molecule has 1 rings (SSSR count). The van der Waals surface area contributed by atoms with Crippen LogP contribution in [-0.4, -0.2) is 29.7 Å².